The van der Waals surface area contributed by atoms with Crippen LogP contribution in [0.2, 0.25) is 0 Å². The average Bonchev–Trinajstić information content (AvgIpc) is 2.95. The van der Waals surface area contributed by atoms with Gasteiger partial charge in [0.15, 0.2) is 11.5 Å². The highest BCUT2D eigenvalue weighted by Crippen LogP contribution is 2.30. The first-order chi connectivity index (χ1) is 18.9. The molecule has 6 nitrogen and oxygen atoms in total. The van der Waals surface area contributed by atoms with Crippen molar-refractivity contribution in [3.8, 4) is 11.5 Å². The molecule has 1 aliphatic heterocycles. The Labute approximate surface area is 231 Å². The highest BCUT2D eigenvalue weighted by Gasteiger charge is 2.27. The summed E-state index contributed by atoms with van der Waals surface area (Å²) in [5, 5.41) is 3.11. The van der Waals surface area contributed by atoms with Crippen LogP contribution in [0, 0.1) is 11.7 Å². The number of hydrogen-bond donors (Lipinski definition) is 1. The number of benzene rings is 3. The minimum atomic E-state index is -0.278. The summed E-state index contributed by atoms with van der Waals surface area (Å²) < 4.78 is 25.6. The van der Waals surface area contributed by atoms with E-state index in [0.29, 0.717) is 43.7 Å². The quantitative estimate of drug-likeness (QED) is 0.317. The van der Waals surface area contributed by atoms with Crippen LogP contribution >= 0.6 is 0 Å². The predicted octanol–water partition coefficient (Wildman–Crippen LogP) is 6.25. The van der Waals surface area contributed by atoms with Crippen molar-refractivity contribution in [2.75, 3.05) is 26.7 Å². The summed E-state index contributed by atoms with van der Waals surface area (Å²) in [5.74, 6) is 1.46. The first-order valence-electron chi connectivity index (χ1n) is 13.8. The van der Waals surface area contributed by atoms with Gasteiger partial charge in [-0.15, -0.1) is 0 Å². The molecule has 0 aliphatic carbocycles. The summed E-state index contributed by atoms with van der Waals surface area (Å²) >= 11 is 0. The molecule has 2 amide bonds. The van der Waals surface area contributed by atoms with E-state index in [-0.39, 0.29) is 17.9 Å². The lowest BCUT2D eigenvalue weighted by Crippen LogP contribution is -2.49. The molecule has 3 aromatic rings. The van der Waals surface area contributed by atoms with E-state index in [4.69, 9.17) is 9.47 Å². The Morgan fingerprint density at radius 1 is 0.949 bits per heavy atom. The summed E-state index contributed by atoms with van der Waals surface area (Å²) in [6.45, 7) is 7.91. The Kier molecular flexibility index (Phi) is 10.2. The Morgan fingerprint density at radius 3 is 2.33 bits per heavy atom. The Balaban J connectivity index is 1.45. The predicted molar refractivity (Wildman–Crippen MR) is 152 cm³/mol. The first kappa shape index (κ1) is 28.4. The fourth-order valence-electron chi connectivity index (χ4n) is 4.63. The molecular weight excluding hydrogens is 493 g/mol. The van der Waals surface area contributed by atoms with Gasteiger partial charge in [-0.05, 0) is 79.9 Å². The molecule has 0 saturated carbocycles. The number of ether oxygens (including phenoxy) is 2. The molecule has 1 fully saturated rings. The van der Waals surface area contributed by atoms with Crippen molar-refractivity contribution in [3.63, 3.8) is 0 Å². The molecule has 0 bridgehead atoms. The number of urea groups is 1. The second-order valence-electron chi connectivity index (χ2n) is 10.7. The second-order valence-corrected chi connectivity index (χ2v) is 10.7. The van der Waals surface area contributed by atoms with E-state index >= 15 is 0 Å². The van der Waals surface area contributed by atoms with Gasteiger partial charge < -0.3 is 24.6 Å². The van der Waals surface area contributed by atoms with Crippen LogP contribution in [-0.2, 0) is 19.7 Å². The molecule has 1 aliphatic rings. The van der Waals surface area contributed by atoms with Crippen LogP contribution in [0.25, 0.3) is 0 Å². The minimum Gasteiger partial charge on any atom is -0.489 e. The number of carbonyl (C=O) groups is 1. The lowest BCUT2D eigenvalue weighted by molar-refractivity contribution is 0.127. The number of carbonyl (C=O) groups excluding carboxylic acids is 1. The van der Waals surface area contributed by atoms with E-state index < -0.39 is 0 Å². The van der Waals surface area contributed by atoms with Gasteiger partial charge in [0.2, 0.25) is 0 Å². The number of rotatable bonds is 11. The highest BCUT2D eigenvalue weighted by molar-refractivity contribution is 5.74. The molecule has 7 heteroatoms. The number of hydrogen-bond acceptors (Lipinski definition) is 4. The highest BCUT2D eigenvalue weighted by atomic mass is 19.1. The van der Waals surface area contributed by atoms with E-state index in [2.05, 4.69) is 31.1 Å². The first-order valence-corrected chi connectivity index (χ1v) is 13.8. The topological polar surface area (TPSA) is 54.0 Å². The van der Waals surface area contributed by atoms with E-state index in [0.717, 1.165) is 42.6 Å². The lowest BCUT2D eigenvalue weighted by Gasteiger charge is -2.37. The third-order valence-corrected chi connectivity index (χ3v) is 6.92. The lowest BCUT2D eigenvalue weighted by atomic mass is 10.0. The third-order valence-electron chi connectivity index (χ3n) is 6.92. The van der Waals surface area contributed by atoms with Crippen LogP contribution in [0.15, 0.2) is 72.8 Å². The van der Waals surface area contributed by atoms with Crippen molar-refractivity contribution in [2.45, 2.75) is 52.4 Å². The Bertz CT molecular complexity index is 1180. The van der Waals surface area contributed by atoms with Gasteiger partial charge >= 0.3 is 6.03 Å². The van der Waals surface area contributed by atoms with Crippen LogP contribution in [0.4, 0.5) is 9.18 Å². The third kappa shape index (κ3) is 8.72. The zero-order valence-electron chi connectivity index (χ0n) is 23.2. The molecule has 1 heterocycles. The van der Waals surface area contributed by atoms with Crippen LogP contribution in [0.3, 0.4) is 0 Å². The van der Waals surface area contributed by atoms with E-state index in [1.54, 1.807) is 12.1 Å². The van der Waals surface area contributed by atoms with E-state index in [1.807, 2.05) is 53.4 Å². The summed E-state index contributed by atoms with van der Waals surface area (Å²) in [4.78, 5) is 17.7. The van der Waals surface area contributed by atoms with Gasteiger partial charge in [-0.3, -0.25) is 0 Å². The SMILES string of the molecule is CC(C)COc1ccc(CNC(=O)N(Cc2ccc(F)cc2)C2CCN(C)CC2)cc1OCc1ccccc1. The van der Waals surface area contributed by atoms with Crippen LogP contribution in [0.5, 0.6) is 11.5 Å². The molecule has 0 spiro atoms. The van der Waals surface area contributed by atoms with Gasteiger partial charge in [-0.25, -0.2) is 9.18 Å². The number of nitrogens with zero attached hydrogens (tertiary/aromatic N) is 2. The molecule has 4 rings (SSSR count). The van der Waals surface area contributed by atoms with Crippen molar-refractivity contribution in [3.05, 3.63) is 95.3 Å². The zero-order chi connectivity index (χ0) is 27.6. The number of nitrogens with one attached hydrogen (secondary N) is 1. The van der Waals surface area contributed by atoms with Crippen molar-refractivity contribution < 1.29 is 18.7 Å². The molecule has 1 saturated heterocycles. The molecule has 1 N–H and O–H groups in total. The molecule has 0 atom stereocenters. The monoisotopic (exact) mass is 533 g/mol. The van der Waals surface area contributed by atoms with Gasteiger partial charge in [0.1, 0.15) is 12.4 Å². The van der Waals surface area contributed by atoms with E-state index in [1.165, 1.54) is 12.1 Å². The standard InChI is InChI=1S/C32H40FN3O3/c1-24(2)22-38-30-14-11-27(19-31(30)39-23-26-7-5-4-6-8-26)20-34-32(37)36(29-15-17-35(3)18-16-29)21-25-9-12-28(33)13-10-25/h4-14,19,24,29H,15-18,20-23H2,1-3H3,(H,34,37). The van der Waals surface area contributed by atoms with Gasteiger partial charge in [0.25, 0.3) is 0 Å². The largest absolute Gasteiger partial charge is 0.489 e. The average molecular weight is 534 g/mol. The number of piperidine rings is 1. The van der Waals surface area contributed by atoms with Crippen molar-refractivity contribution in [2.24, 2.45) is 5.92 Å². The maximum absolute atomic E-state index is 13.5. The molecule has 0 radical (unpaired) electrons. The van der Waals surface area contributed by atoms with Gasteiger partial charge in [0.05, 0.1) is 6.61 Å². The summed E-state index contributed by atoms with van der Waals surface area (Å²) in [6.07, 6.45) is 1.81. The van der Waals surface area contributed by atoms with Crippen LogP contribution < -0.4 is 14.8 Å². The molecule has 0 unspecified atom stereocenters. The van der Waals surface area contributed by atoms with Crippen molar-refractivity contribution in [1.82, 2.24) is 15.1 Å². The summed E-state index contributed by atoms with van der Waals surface area (Å²) in [7, 11) is 2.10. The van der Waals surface area contributed by atoms with E-state index in [9.17, 15) is 9.18 Å². The fraction of sp³-hybridized carbons (Fsp3) is 0.406. The second kappa shape index (κ2) is 14.0. The summed E-state index contributed by atoms with van der Waals surface area (Å²) in [6, 6.07) is 22.2. The molecule has 3 aromatic carbocycles. The fourth-order valence-corrected chi connectivity index (χ4v) is 4.63. The van der Waals surface area contributed by atoms with Crippen molar-refractivity contribution in [1.29, 1.82) is 0 Å². The van der Waals surface area contributed by atoms with Crippen LogP contribution in [-0.4, -0.2) is 48.6 Å². The normalized spacial score (nSPS) is 14.3. The maximum Gasteiger partial charge on any atom is 0.318 e. The Hall–Kier alpha value is -3.58. The number of halogens is 1. The molecule has 208 valence electrons. The maximum atomic E-state index is 13.5. The van der Waals surface area contributed by atoms with Gasteiger partial charge in [0, 0.05) is 19.1 Å². The van der Waals surface area contributed by atoms with Gasteiger partial charge in [-0.2, -0.15) is 0 Å². The Morgan fingerprint density at radius 2 is 1.64 bits per heavy atom. The molecule has 39 heavy (non-hydrogen) atoms. The number of likely N-dealkylation sites (tertiary alicyclic amines) is 1. The molecule has 0 aromatic heterocycles. The van der Waals surface area contributed by atoms with Crippen LogP contribution in [0.1, 0.15) is 43.4 Å². The number of amides is 2. The zero-order valence-corrected chi connectivity index (χ0v) is 23.2. The minimum absolute atomic E-state index is 0.124. The van der Waals surface area contributed by atoms with Crippen molar-refractivity contribution >= 4 is 6.03 Å². The summed E-state index contributed by atoms with van der Waals surface area (Å²) in [5.41, 5.74) is 2.91. The molecular formula is C32H40FN3O3. The smallest absolute Gasteiger partial charge is 0.318 e. The van der Waals surface area contributed by atoms with Gasteiger partial charge in [-0.1, -0.05) is 62.4 Å².